The maximum Gasteiger partial charge on any atom is 0.0929 e. The van der Waals surface area contributed by atoms with E-state index in [-0.39, 0.29) is 0 Å². The zero-order valence-electron chi connectivity index (χ0n) is 17.7. The summed E-state index contributed by atoms with van der Waals surface area (Å²) in [6.07, 6.45) is 14.3. The molecule has 27 heavy (non-hydrogen) atoms. The number of hydrogen-bond acceptors (Lipinski definition) is 2. The van der Waals surface area contributed by atoms with E-state index in [0.717, 1.165) is 11.4 Å². The molecule has 1 aromatic carbocycles. The molecule has 0 N–H and O–H groups in total. The van der Waals surface area contributed by atoms with Gasteiger partial charge in [-0.1, -0.05) is 96.4 Å². The van der Waals surface area contributed by atoms with Crippen molar-refractivity contribution in [3.05, 3.63) is 47.7 Å². The lowest BCUT2D eigenvalue weighted by molar-refractivity contribution is 0.568. The molecule has 0 aliphatic heterocycles. The monoisotopic (exact) mass is 366 g/mol. The van der Waals surface area contributed by atoms with Crippen LogP contribution in [-0.4, -0.2) is 10.2 Å². The fourth-order valence-electron chi connectivity index (χ4n) is 3.56. The van der Waals surface area contributed by atoms with Crippen molar-refractivity contribution in [2.75, 3.05) is 0 Å². The van der Waals surface area contributed by atoms with Crippen LogP contribution in [0.2, 0.25) is 0 Å². The van der Waals surface area contributed by atoms with Gasteiger partial charge >= 0.3 is 0 Å². The second-order valence-electron chi connectivity index (χ2n) is 7.95. The summed E-state index contributed by atoms with van der Waals surface area (Å²) in [5.74, 6) is 0.499. The van der Waals surface area contributed by atoms with E-state index in [2.05, 4.69) is 67.4 Å². The lowest BCUT2D eigenvalue weighted by atomic mass is 9.98. The Labute approximate surface area is 166 Å². The molecule has 0 bridgehead atoms. The molecule has 0 radical (unpaired) electrons. The standard InChI is InChI=1S/C25H38N2/c1-4-6-8-10-12-14-22-15-17-23(18-16-22)25-20-19-24(26-27-25)21(3)13-11-9-7-5-2/h15-21H,4-14H2,1-3H3. The first-order chi connectivity index (χ1) is 13.2. The van der Waals surface area contributed by atoms with Gasteiger partial charge in [0.25, 0.3) is 0 Å². The Hall–Kier alpha value is -1.70. The van der Waals surface area contributed by atoms with Crippen LogP contribution in [0.1, 0.15) is 102 Å². The average molecular weight is 367 g/mol. The van der Waals surface area contributed by atoms with Crippen LogP contribution >= 0.6 is 0 Å². The fraction of sp³-hybridized carbons (Fsp3) is 0.600. The zero-order valence-corrected chi connectivity index (χ0v) is 17.7. The molecule has 148 valence electrons. The number of nitrogens with zero attached hydrogens (tertiary/aromatic N) is 2. The zero-order chi connectivity index (χ0) is 19.3. The molecule has 0 spiro atoms. The summed E-state index contributed by atoms with van der Waals surface area (Å²) in [7, 11) is 0. The molecule has 0 aliphatic rings. The van der Waals surface area contributed by atoms with E-state index >= 15 is 0 Å². The molecule has 0 saturated heterocycles. The third-order valence-electron chi connectivity index (χ3n) is 5.50. The van der Waals surface area contributed by atoms with E-state index in [4.69, 9.17) is 0 Å². The quantitative estimate of drug-likeness (QED) is 0.339. The number of aryl methyl sites for hydroxylation is 1. The number of unbranched alkanes of at least 4 members (excludes halogenated alkanes) is 7. The molecule has 0 amide bonds. The lowest BCUT2D eigenvalue weighted by Crippen LogP contribution is -2.00. The van der Waals surface area contributed by atoms with Crippen LogP contribution in [0.4, 0.5) is 0 Å². The summed E-state index contributed by atoms with van der Waals surface area (Å²) in [5, 5.41) is 8.99. The fourth-order valence-corrected chi connectivity index (χ4v) is 3.56. The highest BCUT2D eigenvalue weighted by atomic mass is 15.1. The lowest BCUT2D eigenvalue weighted by Gasteiger charge is -2.10. The highest BCUT2D eigenvalue weighted by Crippen LogP contribution is 2.23. The Morgan fingerprint density at radius 1 is 0.704 bits per heavy atom. The van der Waals surface area contributed by atoms with Crippen molar-refractivity contribution in [2.45, 2.75) is 97.3 Å². The summed E-state index contributed by atoms with van der Waals surface area (Å²) in [6, 6.07) is 13.2. The Bertz CT molecular complexity index is 616. The summed E-state index contributed by atoms with van der Waals surface area (Å²) in [6.45, 7) is 6.79. The smallest absolute Gasteiger partial charge is 0.0929 e. The largest absolute Gasteiger partial charge is 0.155 e. The highest BCUT2D eigenvalue weighted by molar-refractivity contribution is 5.58. The second kappa shape index (κ2) is 12.6. The van der Waals surface area contributed by atoms with Crippen molar-refractivity contribution in [3.63, 3.8) is 0 Å². The van der Waals surface area contributed by atoms with Gasteiger partial charge in [0.1, 0.15) is 0 Å². The minimum Gasteiger partial charge on any atom is -0.155 e. The molecule has 1 unspecified atom stereocenters. The molecule has 2 rings (SSSR count). The van der Waals surface area contributed by atoms with E-state index in [0.29, 0.717) is 5.92 Å². The van der Waals surface area contributed by atoms with Gasteiger partial charge < -0.3 is 0 Å². The first-order valence-corrected chi connectivity index (χ1v) is 11.2. The van der Waals surface area contributed by atoms with E-state index < -0.39 is 0 Å². The SMILES string of the molecule is CCCCCCCc1ccc(-c2ccc(C(C)CCCCCC)nn2)cc1. The van der Waals surface area contributed by atoms with Gasteiger partial charge in [-0.15, -0.1) is 0 Å². The maximum atomic E-state index is 4.50. The van der Waals surface area contributed by atoms with Crippen LogP contribution in [0.15, 0.2) is 36.4 Å². The van der Waals surface area contributed by atoms with Crippen molar-refractivity contribution in [1.82, 2.24) is 10.2 Å². The van der Waals surface area contributed by atoms with Crippen LogP contribution in [0.5, 0.6) is 0 Å². The number of aromatic nitrogens is 2. The minimum atomic E-state index is 0.499. The molecule has 2 nitrogen and oxygen atoms in total. The maximum absolute atomic E-state index is 4.50. The molecular weight excluding hydrogens is 328 g/mol. The molecule has 1 aromatic heterocycles. The van der Waals surface area contributed by atoms with Crippen LogP contribution in [-0.2, 0) is 6.42 Å². The summed E-state index contributed by atoms with van der Waals surface area (Å²) in [5.41, 5.74) is 4.70. The highest BCUT2D eigenvalue weighted by Gasteiger charge is 2.08. The van der Waals surface area contributed by atoms with Crippen LogP contribution < -0.4 is 0 Å². The summed E-state index contributed by atoms with van der Waals surface area (Å²) >= 11 is 0. The molecule has 0 saturated carbocycles. The normalized spacial score (nSPS) is 12.3. The third kappa shape index (κ3) is 7.82. The summed E-state index contributed by atoms with van der Waals surface area (Å²) < 4.78 is 0. The van der Waals surface area contributed by atoms with Crippen molar-refractivity contribution in [3.8, 4) is 11.3 Å². The van der Waals surface area contributed by atoms with Gasteiger partial charge in [-0.25, -0.2) is 0 Å². The Morgan fingerprint density at radius 2 is 1.37 bits per heavy atom. The average Bonchev–Trinajstić information content (AvgIpc) is 2.71. The number of benzene rings is 1. The van der Waals surface area contributed by atoms with Gasteiger partial charge in [0.15, 0.2) is 0 Å². The predicted molar refractivity (Wildman–Crippen MR) is 117 cm³/mol. The topological polar surface area (TPSA) is 25.8 Å². The molecule has 1 atom stereocenters. The van der Waals surface area contributed by atoms with E-state index in [1.54, 1.807) is 0 Å². The van der Waals surface area contributed by atoms with Gasteiger partial charge in [-0.05, 0) is 37.0 Å². The molecule has 2 heteroatoms. The van der Waals surface area contributed by atoms with E-state index in [1.165, 1.54) is 81.8 Å². The van der Waals surface area contributed by atoms with Crippen molar-refractivity contribution in [1.29, 1.82) is 0 Å². The van der Waals surface area contributed by atoms with Gasteiger partial charge in [0, 0.05) is 11.5 Å². The number of hydrogen-bond donors (Lipinski definition) is 0. The molecule has 0 fully saturated rings. The Balaban J connectivity index is 1.83. The molecule has 0 aliphatic carbocycles. The van der Waals surface area contributed by atoms with Crippen molar-refractivity contribution < 1.29 is 0 Å². The molecule has 2 aromatic rings. The Kier molecular flexibility index (Phi) is 10.1. The first kappa shape index (κ1) is 21.6. The van der Waals surface area contributed by atoms with Gasteiger partial charge in [-0.2, -0.15) is 10.2 Å². The Morgan fingerprint density at radius 3 is 2.00 bits per heavy atom. The van der Waals surface area contributed by atoms with E-state index in [9.17, 15) is 0 Å². The van der Waals surface area contributed by atoms with Crippen molar-refractivity contribution in [2.24, 2.45) is 0 Å². The van der Waals surface area contributed by atoms with Gasteiger partial charge in [-0.3, -0.25) is 0 Å². The van der Waals surface area contributed by atoms with Crippen LogP contribution in [0.3, 0.4) is 0 Å². The van der Waals surface area contributed by atoms with E-state index in [1.807, 2.05) is 0 Å². The first-order valence-electron chi connectivity index (χ1n) is 11.2. The summed E-state index contributed by atoms with van der Waals surface area (Å²) in [4.78, 5) is 0. The van der Waals surface area contributed by atoms with Crippen LogP contribution in [0.25, 0.3) is 11.3 Å². The molecule has 1 heterocycles. The minimum absolute atomic E-state index is 0.499. The van der Waals surface area contributed by atoms with Gasteiger partial charge in [0.2, 0.25) is 0 Å². The number of rotatable bonds is 13. The third-order valence-corrected chi connectivity index (χ3v) is 5.50. The second-order valence-corrected chi connectivity index (χ2v) is 7.95. The van der Waals surface area contributed by atoms with Crippen molar-refractivity contribution >= 4 is 0 Å². The van der Waals surface area contributed by atoms with Crippen LogP contribution in [0, 0.1) is 0 Å². The van der Waals surface area contributed by atoms with Gasteiger partial charge in [0.05, 0.1) is 11.4 Å². The predicted octanol–water partition coefficient (Wildman–Crippen LogP) is 7.73. The molecular formula is C25H38N2.